The van der Waals surface area contributed by atoms with Crippen molar-refractivity contribution in [2.24, 2.45) is 5.92 Å². The van der Waals surface area contributed by atoms with Gasteiger partial charge in [-0.05, 0) is 50.6 Å². The number of piperidine rings is 1. The van der Waals surface area contributed by atoms with Gasteiger partial charge in [-0.25, -0.2) is 19.2 Å². The van der Waals surface area contributed by atoms with E-state index in [4.69, 9.17) is 0 Å². The van der Waals surface area contributed by atoms with Gasteiger partial charge in [0.15, 0.2) is 5.69 Å². The highest BCUT2D eigenvalue weighted by atomic mass is 19.1. The number of anilines is 1. The topological polar surface area (TPSA) is 78.4 Å². The van der Waals surface area contributed by atoms with Crippen molar-refractivity contribution >= 4 is 11.8 Å². The maximum absolute atomic E-state index is 13.2. The number of aromatic carboxylic acids is 1. The molecular weight excluding hydrogens is 347 g/mol. The zero-order valence-electron chi connectivity index (χ0n) is 15.9. The van der Waals surface area contributed by atoms with E-state index in [0.29, 0.717) is 29.5 Å². The molecule has 2 N–H and O–H groups in total. The van der Waals surface area contributed by atoms with Gasteiger partial charge < -0.3 is 15.3 Å². The molecule has 0 saturated carbocycles. The molecule has 0 aliphatic carbocycles. The third kappa shape index (κ3) is 4.60. The van der Waals surface area contributed by atoms with Crippen LogP contribution in [0, 0.1) is 18.7 Å². The van der Waals surface area contributed by atoms with Gasteiger partial charge in [-0.1, -0.05) is 19.1 Å². The first kappa shape index (κ1) is 19.2. The molecule has 0 spiro atoms. The Morgan fingerprint density at radius 3 is 2.67 bits per heavy atom. The molecule has 1 aromatic carbocycles. The van der Waals surface area contributed by atoms with E-state index in [0.717, 1.165) is 25.1 Å². The molecule has 0 radical (unpaired) electrons. The van der Waals surface area contributed by atoms with Gasteiger partial charge >= 0.3 is 5.97 Å². The summed E-state index contributed by atoms with van der Waals surface area (Å²) >= 11 is 0. The van der Waals surface area contributed by atoms with Crippen LogP contribution >= 0.6 is 0 Å². The Bertz CT molecular complexity index is 825. The van der Waals surface area contributed by atoms with E-state index in [1.165, 1.54) is 12.1 Å². The molecule has 1 saturated heterocycles. The monoisotopic (exact) mass is 372 g/mol. The molecule has 2 aromatic rings. The summed E-state index contributed by atoms with van der Waals surface area (Å²) in [5.41, 5.74) is 1.75. The van der Waals surface area contributed by atoms with Crippen LogP contribution in [0.3, 0.4) is 0 Å². The number of rotatable bonds is 5. The van der Waals surface area contributed by atoms with Gasteiger partial charge in [0.1, 0.15) is 11.6 Å². The summed E-state index contributed by atoms with van der Waals surface area (Å²) in [6.07, 6.45) is 1.37. The van der Waals surface area contributed by atoms with Crippen LogP contribution in [-0.4, -0.2) is 52.1 Å². The summed E-state index contributed by atoms with van der Waals surface area (Å²) in [7, 11) is 2.11. The van der Waals surface area contributed by atoms with Crippen molar-refractivity contribution in [2.75, 3.05) is 25.5 Å². The molecule has 27 heavy (non-hydrogen) atoms. The number of nitrogens with zero attached hydrogens (tertiary/aromatic N) is 3. The minimum atomic E-state index is -1.10. The van der Waals surface area contributed by atoms with Gasteiger partial charge in [-0.2, -0.15) is 0 Å². The molecule has 2 heterocycles. The SMILES string of the molecule is Cc1nc(N[C@H]2CCN(C)C[C@@H]2C)c(Cc2ccc(F)cc2)nc1C(=O)O. The maximum Gasteiger partial charge on any atom is 0.356 e. The van der Waals surface area contributed by atoms with E-state index >= 15 is 0 Å². The Morgan fingerprint density at radius 1 is 1.33 bits per heavy atom. The van der Waals surface area contributed by atoms with Crippen molar-refractivity contribution < 1.29 is 14.3 Å². The van der Waals surface area contributed by atoms with Crippen molar-refractivity contribution in [1.29, 1.82) is 0 Å². The Hall–Kier alpha value is -2.54. The zero-order valence-corrected chi connectivity index (χ0v) is 15.9. The lowest BCUT2D eigenvalue weighted by Crippen LogP contribution is -2.43. The average Bonchev–Trinajstić information content (AvgIpc) is 2.61. The van der Waals surface area contributed by atoms with Crippen molar-refractivity contribution in [3.63, 3.8) is 0 Å². The first-order chi connectivity index (χ1) is 12.8. The smallest absolute Gasteiger partial charge is 0.356 e. The second-order valence-corrected chi connectivity index (χ2v) is 7.34. The van der Waals surface area contributed by atoms with Crippen LogP contribution in [0.4, 0.5) is 10.2 Å². The molecule has 1 aliphatic heterocycles. The number of aromatic nitrogens is 2. The molecule has 0 amide bonds. The summed E-state index contributed by atoms with van der Waals surface area (Å²) in [5.74, 6) is -0.357. The molecule has 0 unspecified atom stereocenters. The van der Waals surface area contributed by atoms with Crippen LogP contribution in [0.15, 0.2) is 24.3 Å². The molecule has 6 nitrogen and oxygen atoms in total. The number of hydrogen-bond acceptors (Lipinski definition) is 5. The fraction of sp³-hybridized carbons (Fsp3) is 0.450. The number of benzene rings is 1. The quantitative estimate of drug-likeness (QED) is 0.840. The van der Waals surface area contributed by atoms with Gasteiger partial charge in [0.25, 0.3) is 0 Å². The molecular formula is C20H25FN4O2. The van der Waals surface area contributed by atoms with E-state index in [2.05, 4.69) is 34.2 Å². The van der Waals surface area contributed by atoms with E-state index in [1.54, 1.807) is 19.1 Å². The van der Waals surface area contributed by atoms with Gasteiger partial charge in [-0.15, -0.1) is 0 Å². The van der Waals surface area contributed by atoms with Crippen LogP contribution in [-0.2, 0) is 6.42 Å². The summed E-state index contributed by atoms with van der Waals surface area (Å²) in [5, 5.41) is 12.9. The fourth-order valence-electron chi connectivity index (χ4n) is 3.54. The second kappa shape index (κ2) is 8.00. The van der Waals surface area contributed by atoms with Crippen LogP contribution in [0.1, 0.15) is 40.8 Å². The van der Waals surface area contributed by atoms with Gasteiger partial charge in [0, 0.05) is 19.0 Å². The highest BCUT2D eigenvalue weighted by Gasteiger charge is 2.26. The Morgan fingerprint density at radius 2 is 2.04 bits per heavy atom. The van der Waals surface area contributed by atoms with Gasteiger partial charge in [-0.3, -0.25) is 0 Å². The van der Waals surface area contributed by atoms with Crippen LogP contribution in [0.5, 0.6) is 0 Å². The summed E-state index contributed by atoms with van der Waals surface area (Å²) in [4.78, 5) is 22.7. The number of hydrogen-bond donors (Lipinski definition) is 2. The number of nitrogens with one attached hydrogen (secondary N) is 1. The first-order valence-electron chi connectivity index (χ1n) is 9.14. The molecule has 1 aliphatic rings. The number of carboxylic acid groups (broad SMARTS) is 1. The predicted molar refractivity (Wildman–Crippen MR) is 102 cm³/mol. The number of carbonyl (C=O) groups is 1. The molecule has 7 heteroatoms. The molecule has 3 rings (SSSR count). The van der Waals surface area contributed by atoms with Crippen LogP contribution in [0.2, 0.25) is 0 Å². The second-order valence-electron chi connectivity index (χ2n) is 7.34. The predicted octanol–water partition coefficient (Wildman–Crippen LogP) is 2.97. The van der Waals surface area contributed by atoms with Crippen molar-refractivity contribution in [2.45, 2.75) is 32.7 Å². The molecule has 0 bridgehead atoms. The molecule has 1 aromatic heterocycles. The molecule has 144 valence electrons. The number of likely N-dealkylation sites (tertiary alicyclic amines) is 1. The number of aryl methyl sites for hydroxylation is 1. The van der Waals surface area contributed by atoms with Gasteiger partial charge in [0.2, 0.25) is 0 Å². The lowest BCUT2D eigenvalue weighted by molar-refractivity contribution is 0.0688. The Balaban J connectivity index is 1.92. The van der Waals surface area contributed by atoms with Crippen molar-refractivity contribution in [3.8, 4) is 0 Å². The van der Waals surface area contributed by atoms with E-state index < -0.39 is 5.97 Å². The highest BCUT2D eigenvalue weighted by molar-refractivity contribution is 5.86. The third-order valence-electron chi connectivity index (χ3n) is 5.06. The summed E-state index contributed by atoms with van der Waals surface area (Å²) < 4.78 is 13.2. The first-order valence-corrected chi connectivity index (χ1v) is 9.14. The largest absolute Gasteiger partial charge is 0.476 e. The van der Waals surface area contributed by atoms with Gasteiger partial charge in [0.05, 0.1) is 11.4 Å². The standard InChI is InChI=1S/C20H25FN4O2/c1-12-11-25(3)9-8-16(12)24-19-17(10-14-4-6-15(21)7-5-14)23-18(20(26)27)13(2)22-19/h4-7,12,16H,8-11H2,1-3H3,(H,22,24)(H,26,27)/t12-,16-/m0/s1. The lowest BCUT2D eigenvalue weighted by atomic mass is 9.94. The van der Waals surface area contributed by atoms with Crippen LogP contribution in [0.25, 0.3) is 0 Å². The van der Waals surface area contributed by atoms with Crippen molar-refractivity contribution in [3.05, 3.63) is 52.7 Å². The number of carboxylic acids is 1. The summed E-state index contributed by atoms with van der Waals surface area (Å²) in [6, 6.07) is 6.39. The number of halogens is 1. The maximum atomic E-state index is 13.2. The average molecular weight is 372 g/mol. The molecule has 1 fully saturated rings. The lowest BCUT2D eigenvalue weighted by Gasteiger charge is -2.35. The van der Waals surface area contributed by atoms with Crippen molar-refractivity contribution in [1.82, 2.24) is 14.9 Å². The van der Waals surface area contributed by atoms with E-state index in [1.807, 2.05) is 0 Å². The normalized spacial score (nSPS) is 20.4. The summed E-state index contributed by atoms with van der Waals surface area (Å²) in [6.45, 7) is 5.83. The van der Waals surface area contributed by atoms with E-state index in [9.17, 15) is 14.3 Å². The third-order valence-corrected chi connectivity index (χ3v) is 5.06. The van der Waals surface area contributed by atoms with Crippen LogP contribution < -0.4 is 5.32 Å². The minimum Gasteiger partial charge on any atom is -0.476 e. The Labute approximate surface area is 158 Å². The van der Waals surface area contributed by atoms with E-state index in [-0.39, 0.29) is 17.6 Å². The Kier molecular flexibility index (Phi) is 5.70. The molecule has 2 atom stereocenters. The minimum absolute atomic E-state index is 0.0471. The highest BCUT2D eigenvalue weighted by Crippen LogP contribution is 2.24. The fourth-order valence-corrected chi connectivity index (χ4v) is 3.54. The zero-order chi connectivity index (χ0) is 19.6.